The molecule has 0 aliphatic heterocycles. The number of hydrogen-bond donors (Lipinski definition) is 0. The van der Waals surface area contributed by atoms with E-state index in [1.807, 2.05) is 0 Å². The highest BCUT2D eigenvalue weighted by atomic mass is 35.5. The summed E-state index contributed by atoms with van der Waals surface area (Å²) in [4.78, 5) is 15.4. The summed E-state index contributed by atoms with van der Waals surface area (Å²) in [6, 6.07) is 2.26. The second-order valence-electron chi connectivity index (χ2n) is 4.67. The Kier molecular flexibility index (Phi) is 5.43. The van der Waals surface area contributed by atoms with Crippen molar-refractivity contribution in [3.63, 3.8) is 0 Å². The van der Waals surface area contributed by atoms with Crippen LogP contribution in [0.1, 0.15) is 16.1 Å². The molecule has 0 atom stereocenters. The minimum Gasteiger partial charge on any atom is -0.496 e. The Hall–Kier alpha value is -2.06. The summed E-state index contributed by atoms with van der Waals surface area (Å²) < 4.78 is 62.4. The number of rotatable bonds is 3. The molecule has 0 fully saturated rings. The molecule has 0 aliphatic rings. The lowest BCUT2D eigenvalue weighted by Crippen LogP contribution is -2.09. The van der Waals surface area contributed by atoms with Gasteiger partial charge in [0.1, 0.15) is 11.4 Å². The average molecular weight is 398 g/mol. The molecule has 0 bridgehead atoms. The van der Waals surface area contributed by atoms with Gasteiger partial charge in [-0.05, 0) is 18.2 Å². The maximum Gasteiger partial charge on any atom is 0.420 e. The Balaban J connectivity index is 2.72. The molecule has 0 radical (unpaired) electrons. The molecule has 0 spiro atoms. The molecular weight excluding hydrogens is 389 g/mol. The molecule has 10 heteroatoms. The van der Waals surface area contributed by atoms with E-state index in [2.05, 4.69) is 9.72 Å². The lowest BCUT2D eigenvalue weighted by molar-refractivity contribution is -0.138. The van der Waals surface area contributed by atoms with Crippen molar-refractivity contribution < 1.29 is 31.8 Å². The standard InChI is InChI=1S/C15H9Cl2F4NO3/c1-24-11-3-6(8(16)4-7(11)15(19,20)21)12-10(18)5-9(17)13(22-12)14(23)25-2/h3-5H,1-2H3. The van der Waals surface area contributed by atoms with Gasteiger partial charge >= 0.3 is 12.1 Å². The first-order chi connectivity index (χ1) is 11.6. The molecule has 1 heterocycles. The van der Waals surface area contributed by atoms with Gasteiger partial charge in [-0.1, -0.05) is 23.2 Å². The molecule has 1 aromatic heterocycles. The fourth-order valence-corrected chi connectivity index (χ4v) is 2.49. The van der Waals surface area contributed by atoms with Crippen LogP contribution in [-0.4, -0.2) is 25.2 Å². The third-order valence-electron chi connectivity index (χ3n) is 3.16. The highest BCUT2D eigenvalue weighted by molar-refractivity contribution is 6.34. The highest BCUT2D eigenvalue weighted by Gasteiger charge is 2.35. The number of alkyl halides is 3. The Morgan fingerprint density at radius 3 is 2.28 bits per heavy atom. The fraction of sp³-hybridized carbons (Fsp3) is 0.200. The highest BCUT2D eigenvalue weighted by Crippen LogP contribution is 2.42. The van der Waals surface area contributed by atoms with Crippen molar-refractivity contribution >= 4 is 29.2 Å². The van der Waals surface area contributed by atoms with Crippen molar-refractivity contribution in [2.24, 2.45) is 0 Å². The van der Waals surface area contributed by atoms with Gasteiger partial charge in [0.2, 0.25) is 0 Å². The molecule has 2 aromatic rings. The number of benzene rings is 1. The second-order valence-corrected chi connectivity index (χ2v) is 5.49. The van der Waals surface area contributed by atoms with E-state index in [9.17, 15) is 22.4 Å². The maximum absolute atomic E-state index is 14.2. The first kappa shape index (κ1) is 19.3. The van der Waals surface area contributed by atoms with Gasteiger partial charge in [0.25, 0.3) is 0 Å². The van der Waals surface area contributed by atoms with E-state index in [0.29, 0.717) is 6.07 Å². The summed E-state index contributed by atoms with van der Waals surface area (Å²) >= 11 is 11.6. The molecule has 0 unspecified atom stereocenters. The van der Waals surface area contributed by atoms with Crippen molar-refractivity contribution in [3.05, 3.63) is 45.3 Å². The van der Waals surface area contributed by atoms with E-state index in [0.717, 1.165) is 26.4 Å². The average Bonchev–Trinajstić information content (AvgIpc) is 2.53. The smallest absolute Gasteiger partial charge is 0.420 e. The van der Waals surface area contributed by atoms with E-state index >= 15 is 0 Å². The number of carbonyl (C=O) groups is 1. The largest absolute Gasteiger partial charge is 0.496 e. The third kappa shape index (κ3) is 3.80. The lowest BCUT2D eigenvalue weighted by atomic mass is 10.1. The lowest BCUT2D eigenvalue weighted by Gasteiger charge is -2.15. The van der Waals surface area contributed by atoms with Crippen LogP contribution in [0.2, 0.25) is 10.0 Å². The number of ether oxygens (including phenoxy) is 2. The van der Waals surface area contributed by atoms with Crippen molar-refractivity contribution in [3.8, 4) is 17.0 Å². The zero-order valence-electron chi connectivity index (χ0n) is 12.7. The van der Waals surface area contributed by atoms with Gasteiger partial charge in [-0.25, -0.2) is 14.2 Å². The maximum atomic E-state index is 14.2. The van der Waals surface area contributed by atoms with E-state index in [-0.39, 0.29) is 10.6 Å². The molecule has 134 valence electrons. The van der Waals surface area contributed by atoms with Gasteiger partial charge < -0.3 is 9.47 Å². The van der Waals surface area contributed by atoms with Crippen molar-refractivity contribution in [1.82, 2.24) is 4.98 Å². The van der Waals surface area contributed by atoms with Crippen LogP contribution in [0.4, 0.5) is 17.6 Å². The molecule has 0 saturated carbocycles. The summed E-state index contributed by atoms with van der Waals surface area (Å²) in [5.74, 6) is -2.51. The van der Waals surface area contributed by atoms with Crippen LogP contribution in [0, 0.1) is 5.82 Å². The van der Waals surface area contributed by atoms with E-state index < -0.39 is 45.7 Å². The molecule has 4 nitrogen and oxygen atoms in total. The Morgan fingerprint density at radius 2 is 1.76 bits per heavy atom. The van der Waals surface area contributed by atoms with Crippen LogP contribution in [0.5, 0.6) is 5.75 Å². The predicted molar refractivity (Wildman–Crippen MR) is 82.5 cm³/mol. The number of nitrogens with zero attached hydrogens (tertiary/aromatic N) is 1. The van der Waals surface area contributed by atoms with Gasteiger partial charge in [0.15, 0.2) is 11.5 Å². The Bertz CT molecular complexity index is 841. The molecule has 0 N–H and O–H groups in total. The van der Waals surface area contributed by atoms with Gasteiger partial charge in [0, 0.05) is 5.56 Å². The minimum atomic E-state index is -4.73. The molecule has 25 heavy (non-hydrogen) atoms. The summed E-state index contributed by atoms with van der Waals surface area (Å²) in [5.41, 5.74) is -2.21. The second kappa shape index (κ2) is 7.05. The van der Waals surface area contributed by atoms with Crippen LogP contribution in [0.25, 0.3) is 11.3 Å². The van der Waals surface area contributed by atoms with Gasteiger partial charge in [0.05, 0.1) is 29.8 Å². The number of hydrogen-bond acceptors (Lipinski definition) is 4. The number of halogens is 6. The molecule has 0 saturated heterocycles. The summed E-state index contributed by atoms with van der Waals surface area (Å²) in [7, 11) is 2.09. The number of pyridine rings is 1. The molecular formula is C15H9Cl2F4NO3. The first-order valence-corrected chi connectivity index (χ1v) is 7.25. The van der Waals surface area contributed by atoms with Crippen LogP contribution in [0.3, 0.4) is 0 Å². The fourth-order valence-electron chi connectivity index (χ4n) is 2.02. The zero-order chi connectivity index (χ0) is 18.9. The van der Waals surface area contributed by atoms with Crippen LogP contribution >= 0.6 is 23.2 Å². The minimum absolute atomic E-state index is 0.203. The van der Waals surface area contributed by atoms with E-state index in [4.69, 9.17) is 27.9 Å². The van der Waals surface area contributed by atoms with E-state index in [1.165, 1.54) is 0 Å². The monoisotopic (exact) mass is 397 g/mol. The predicted octanol–water partition coefficient (Wildman–Crippen LogP) is 5.01. The van der Waals surface area contributed by atoms with Crippen molar-refractivity contribution in [2.75, 3.05) is 14.2 Å². The van der Waals surface area contributed by atoms with Gasteiger partial charge in [-0.15, -0.1) is 0 Å². The number of carbonyl (C=O) groups excluding carboxylic acids is 1. The summed E-state index contributed by atoms with van der Waals surface area (Å²) in [6.45, 7) is 0. The first-order valence-electron chi connectivity index (χ1n) is 6.49. The number of aromatic nitrogens is 1. The summed E-state index contributed by atoms with van der Waals surface area (Å²) in [5, 5.41) is -0.749. The molecule has 1 aromatic carbocycles. The van der Waals surface area contributed by atoms with Crippen LogP contribution < -0.4 is 4.74 Å². The number of methoxy groups -OCH3 is 2. The Morgan fingerprint density at radius 1 is 1.12 bits per heavy atom. The van der Waals surface area contributed by atoms with E-state index in [1.54, 1.807) is 0 Å². The molecule has 0 aliphatic carbocycles. The van der Waals surface area contributed by atoms with Crippen molar-refractivity contribution in [2.45, 2.75) is 6.18 Å². The molecule has 0 amide bonds. The Labute approximate surface area is 149 Å². The normalized spacial score (nSPS) is 11.4. The van der Waals surface area contributed by atoms with Crippen LogP contribution in [0.15, 0.2) is 18.2 Å². The van der Waals surface area contributed by atoms with Gasteiger partial charge in [-0.3, -0.25) is 0 Å². The number of esters is 1. The van der Waals surface area contributed by atoms with Gasteiger partial charge in [-0.2, -0.15) is 13.2 Å². The third-order valence-corrected chi connectivity index (χ3v) is 3.76. The quantitative estimate of drug-likeness (QED) is 0.539. The topological polar surface area (TPSA) is 48.4 Å². The SMILES string of the molecule is COC(=O)c1nc(-c2cc(OC)c(C(F)(F)F)cc2Cl)c(F)cc1Cl. The molecule has 2 rings (SSSR count). The van der Waals surface area contributed by atoms with Crippen molar-refractivity contribution in [1.29, 1.82) is 0 Å². The zero-order valence-corrected chi connectivity index (χ0v) is 14.2. The summed E-state index contributed by atoms with van der Waals surface area (Å²) in [6.07, 6.45) is -4.73. The van der Waals surface area contributed by atoms with Crippen LogP contribution in [-0.2, 0) is 10.9 Å².